The minimum absolute atomic E-state index is 0.564. The second kappa shape index (κ2) is 7.14. The van der Waals surface area contributed by atoms with Gasteiger partial charge < -0.3 is 9.64 Å². The van der Waals surface area contributed by atoms with Crippen LogP contribution in [0.15, 0.2) is 54.6 Å². The van der Waals surface area contributed by atoms with Crippen LogP contribution in [0.2, 0.25) is 0 Å². The highest BCUT2D eigenvalue weighted by Crippen LogP contribution is 2.28. The summed E-state index contributed by atoms with van der Waals surface area (Å²) < 4.78 is 6.11. The second-order valence-electron chi connectivity index (χ2n) is 6.82. The molecule has 25 heavy (non-hydrogen) atoms. The molecule has 0 radical (unpaired) electrons. The maximum atomic E-state index is 6.11. The van der Waals surface area contributed by atoms with Gasteiger partial charge in [0, 0.05) is 18.5 Å². The maximum Gasteiger partial charge on any atom is 0.146 e. The van der Waals surface area contributed by atoms with Crippen molar-refractivity contribution in [1.29, 1.82) is 0 Å². The van der Waals surface area contributed by atoms with Crippen LogP contribution in [0.1, 0.15) is 30.4 Å². The van der Waals surface area contributed by atoms with Crippen LogP contribution in [0.25, 0.3) is 10.9 Å². The van der Waals surface area contributed by atoms with Gasteiger partial charge in [0.1, 0.15) is 23.7 Å². The molecule has 1 aromatic heterocycles. The van der Waals surface area contributed by atoms with Crippen LogP contribution in [-0.4, -0.2) is 18.1 Å². The Hall–Kier alpha value is -2.55. The van der Waals surface area contributed by atoms with Crippen molar-refractivity contribution in [3.8, 4) is 5.75 Å². The van der Waals surface area contributed by atoms with Gasteiger partial charge in [0.2, 0.25) is 0 Å². The Morgan fingerprint density at radius 1 is 0.920 bits per heavy atom. The zero-order valence-corrected chi connectivity index (χ0v) is 14.7. The average Bonchev–Trinajstić information content (AvgIpc) is 2.68. The third-order valence-electron chi connectivity index (χ3n) is 4.86. The van der Waals surface area contributed by atoms with Gasteiger partial charge in [0.15, 0.2) is 0 Å². The molecule has 1 fully saturated rings. The number of aryl methyl sites for hydroxylation is 1. The molecule has 0 unspecified atom stereocenters. The van der Waals surface area contributed by atoms with Gasteiger partial charge in [-0.1, -0.05) is 42.0 Å². The van der Waals surface area contributed by atoms with Crippen molar-refractivity contribution in [2.24, 2.45) is 0 Å². The standard InChI is InChI=1S/C22H24N2O/c1-17-8-10-18(11-9-17)16-25-20-7-5-6-19-12-13-21(23-22(19)20)24-14-3-2-4-15-24/h5-13H,2-4,14-16H2,1H3. The number of fused-ring (bicyclic) bond motifs is 1. The summed E-state index contributed by atoms with van der Waals surface area (Å²) >= 11 is 0. The monoisotopic (exact) mass is 332 g/mol. The number of aromatic nitrogens is 1. The molecule has 2 heterocycles. The quantitative estimate of drug-likeness (QED) is 0.663. The number of hydrogen-bond acceptors (Lipinski definition) is 3. The van der Waals surface area contributed by atoms with Gasteiger partial charge in [-0.05, 0) is 49.9 Å². The van der Waals surface area contributed by atoms with E-state index in [-0.39, 0.29) is 0 Å². The molecule has 3 heteroatoms. The lowest BCUT2D eigenvalue weighted by Gasteiger charge is -2.28. The van der Waals surface area contributed by atoms with Crippen LogP contribution in [0, 0.1) is 6.92 Å². The van der Waals surface area contributed by atoms with Crippen molar-refractivity contribution in [2.45, 2.75) is 32.8 Å². The lowest BCUT2D eigenvalue weighted by atomic mass is 10.1. The summed E-state index contributed by atoms with van der Waals surface area (Å²) in [5.74, 6) is 1.93. The highest BCUT2D eigenvalue weighted by atomic mass is 16.5. The summed E-state index contributed by atoms with van der Waals surface area (Å²) in [4.78, 5) is 7.31. The predicted octanol–water partition coefficient (Wildman–Crippen LogP) is 5.11. The molecule has 1 aliphatic heterocycles. The molecule has 2 aromatic carbocycles. The summed E-state index contributed by atoms with van der Waals surface area (Å²) in [6.45, 7) is 4.87. The van der Waals surface area contributed by atoms with Crippen LogP contribution in [0.4, 0.5) is 5.82 Å². The Labute approximate surface area is 149 Å². The lowest BCUT2D eigenvalue weighted by Crippen LogP contribution is -2.30. The lowest BCUT2D eigenvalue weighted by molar-refractivity contribution is 0.309. The van der Waals surface area contributed by atoms with Gasteiger partial charge in [-0.15, -0.1) is 0 Å². The van der Waals surface area contributed by atoms with Crippen LogP contribution in [0.3, 0.4) is 0 Å². The van der Waals surface area contributed by atoms with Gasteiger partial charge in [-0.25, -0.2) is 4.98 Å². The van der Waals surface area contributed by atoms with Crippen LogP contribution < -0.4 is 9.64 Å². The highest BCUT2D eigenvalue weighted by molar-refractivity contribution is 5.86. The summed E-state index contributed by atoms with van der Waals surface area (Å²) in [5.41, 5.74) is 3.40. The van der Waals surface area contributed by atoms with E-state index in [0.29, 0.717) is 6.61 Å². The number of benzene rings is 2. The normalized spacial score (nSPS) is 14.7. The van der Waals surface area contributed by atoms with Crippen molar-refractivity contribution < 1.29 is 4.74 Å². The van der Waals surface area contributed by atoms with Gasteiger partial charge in [-0.2, -0.15) is 0 Å². The van der Waals surface area contributed by atoms with E-state index in [0.717, 1.165) is 35.6 Å². The van der Waals surface area contributed by atoms with Crippen molar-refractivity contribution >= 4 is 16.7 Å². The fraction of sp³-hybridized carbons (Fsp3) is 0.318. The van der Waals surface area contributed by atoms with E-state index in [1.54, 1.807) is 0 Å². The number of piperidine rings is 1. The molecule has 4 rings (SSSR count). The molecule has 0 N–H and O–H groups in total. The van der Waals surface area contributed by atoms with E-state index in [2.05, 4.69) is 54.3 Å². The first-order valence-electron chi connectivity index (χ1n) is 9.13. The van der Waals surface area contributed by atoms with E-state index in [4.69, 9.17) is 9.72 Å². The number of nitrogens with zero attached hydrogens (tertiary/aromatic N) is 2. The number of ether oxygens (including phenoxy) is 1. The number of hydrogen-bond donors (Lipinski definition) is 0. The maximum absolute atomic E-state index is 6.11. The summed E-state index contributed by atoms with van der Waals surface area (Å²) in [7, 11) is 0. The number of anilines is 1. The van der Waals surface area contributed by atoms with Crippen molar-refractivity contribution in [1.82, 2.24) is 4.98 Å². The largest absolute Gasteiger partial charge is 0.487 e. The van der Waals surface area contributed by atoms with Crippen molar-refractivity contribution in [3.63, 3.8) is 0 Å². The van der Waals surface area contributed by atoms with Crippen LogP contribution >= 0.6 is 0 Å². The molecule has 0 saturated carbocycles. The molecule has 3 nitrogen and oxygen atoms in total. The Kier molecular flexibility index (Phi) is 4.55. The van der Waals surface area contributed by atoms with Crippen molar-refractivity contribution in [2.75, 3.05) is 18.0 Å². The summed E-state index contributed by atoms with van der Waals surface area (Å²) in [5, 5.41) is 1.13. The van der Waals surface area contributed by atoms with Crippen LogP contribution in [0.5, 0.6) is 5.75 Å². The van der Waals surface area contributed by atoms with E-state index in [9.17, 15) is 0 Å². The molecule has 0 bridgehead atoms. The van der Waals surface area contributed by atoms with E-state index in [1.807, 2.05) is 12.1 Å². The number of pyridine rings is 1. The zero-order chi connectivity index (χ0) is 17.1. The van der Waals surface area contributed by atoms with E-state index in [1.165, 1.54) is 30.4 Å². The first-order valence-corrected chi connectivity index (χ1v) is 9.13. The van der Waals surface area contributed by atoms with E-state index < -0.39 is 0 Å². The third-order valence-corrected chi connectivity index (χ3v) is 4.86. The minimum Gasteiger partial charge on any atom is -0.487 e. The molecule has 0 amide bonds. The predicted molar refractivity (Wildman–Crippen MR) is 103 cm³/mol. The second-order valence-corrected chi connectivity index (χ2v) is 6.82. The fourth-order valence-electron chi connectivity index (χ4n) is 3.37. The zero-order valence-electron chi connectivity index (χ0n) is 14.7. The molecular formula is C22H24N2O. The summed E-state index contributed by atoms with van der Waals surface area (Å²) in [6, 6.07) is 18.9. The van der Waals surface area contributed by atoms with Gasteiger partial charge in [0.25, 0.3) is 0 Å². The topological polar surface area (TPSA) is 25.4 Å². The fourth-order valence-corrected chi connectivity index (χ4v) is 3.37. The minimum atomic E-state index is 0.564. The smallest absolute Gasteiger partial charge is 0.146 e. The third kappa shape index (κ3) is 3.60. The first kappa shape index (κ1) is 15.9. The van der Waals surface area contributed by atoms with E-state index >= 15 is 0 Å². The molecule has 1 saturated heterocycles. The Morgan fingerprint density at radius 3 is 2.52 bits per heavy atom. The summed E-state index contributed by atoms with van der Waals surface area (Å²) in [6.07, 6.45) is 3.84. The highest BCUT2D eigenvalue weighted by Gasteiger charge is 2.13. The number of para-hydroxylation sites is 1. The number of rotatable bonds is 4. The molecule has 0 atom stereocenters. The van der Waals surface area contributed by atoms with Crippen molar-refractivity contribution in [3.05, 3.63) is 65.7 Å². The van der Waals surface area contributed by atoms with Gasteiger partial charge in [-0.3, -0.25) is 0 Å². The first-order chi connectivity index (χ1) is 12.3. The molecule has 0 aliphatic carbocycles. The Morgan fingerprint density at radius 2 is 1.72 bits per heavy atom. The molecule has 0 spiro atoms. The Bertz CT molecular complexity index is 852. The average molecular weight is 332 g/mol. The molecular weight excluding hydrogens is 308 g/mol. The molecule has 3 aromatic rings. The Balaban J connectivity index is 1.60. The van der Waals surface area contributed by atoms with Gasteiger partial charge in [0.05, 0.1) is 0 Å². The van der Waals surface area contributed by atoms with Crippen LogP contribution in [-0.2, 0) is 6.61 Å². The van der Waals surface area contributed by atoms with Gasteiger partial charge >= 0.3 is 0 Å². The SMILES string of the molecule is Cc1ccc(COc2cccc3ccc(N4CCCCC4)nc23)cc1. The molecule has 1 aliphatic rings. The molecule has 128 valence electrons.